The molecule has 0 bridgehead atoms. The van der Waals surface area contributed by atoms with E-state index in [9.17, 15) is 0 Å². The van der Waals surface area contributed by atoms with Crippen molar-refractivity contribution < 1.29 is 0 Å². The molecule has 0 fully saturated rings. The summed E-state index contributed by atoms with van der Waals surface area (Å²) < 4.78 is 0. The molecule has 0 spiro atoms. The van der Waals surface area contributed by atoms with Crippen LogP contribution in [0.4, 0.5) is 5.69 Å². The van der Waals surface area contributed by atoms with E-state index in [-0.39, 0.29) is 0 Å². The molecular weight excluding hydrogens is 232 g/mol. The van der Waals surface area contributed by atoms with Gasteiger partial charge >= 0.3 is 0 Å². The van der Waals surface area contributed by atoms with E-state index in [0.717, 1.165) is 19.0 Å². The Kier molecular flexibility index (Phi) is 6.36. The highest BCUT2D eigenvalue weighted by Gasteiger charge is 2.10. The van der Waals surface area contributed by atoms with Gasteiger partial charge in [-0.25, -0.2) is 0 Å². The van der Waals surface area contributed by atoms with E-state index in [0.29, 0.717) is 6.04 Å². The van der Waals surface area contributed by atoms with Crippen molar-refractivity contribution in [2.75, 3.05) is 18.5 Å². The van der Waals surface area contributed by atoms with Crippen molar-refractivity contribution in [2.45, 2.75) is 53.6 Å². The van der Waals surface area contributed by atoms with E-state index in [4.69, 9.17) is 0 Å². The molecule has 108 valence electrons. The van der Waals surface area contributed by atoms with E-state index < -0.39 is 0 Å². The number of hydrogen-bond donors (Lipinski definition) is 1. The van der Waals surface area contributed by atoms with Gasteiger partial charge in [0.2, 0.25) is 0 Å². The third kappa shape index (κ3) is 5.23. The summed E-state index contributed by atoms with van der Waals surface area (Å²) in [5, 5.41) is 3.52. The van der Waals surface area contributed by atoms with Gasteiger partial charge in [0.25, 0.3) is 0 Å². The van der Waals surface area contributed by atoms with Crippen LogP contribution >= 0.6 is 0 Å². The van der Waals surface area contributed by atoms with Crippen LogP contribution in [-0.4, -0.2) is 19.6 Å². The number of nitrogens with zero attached hydrogens (tertiary/aromatic N) is 1. The zero-order valence-electron chi connectivity index (χ0n) is 13.5. The lowest BCUT2D eigenvalue weighted by Gasteiger charge is -2.26. The Bertz CT molecular complexity index is 385. The van der Waals surface area contributed by atoms with E-state index in [1.165, 1.54) is 23.2 Å². The highest BCUT2D eigenvalue weighted by Crippen LogP contribution is 2.22. The molecule has 0 heterocycles. The summed E-state index contributed by atoms with van der Waals surface area (Å²) in [6, 6.07) is 7.29. The molecule has 0 aliphatic heterocycles. The maximum atomic E-state index is 3.52. The first kappa shape index (κ1) is 16.0. The normalized spacial score (nSPS) is 12.8. The lowest BCUT2D eigenvalue weighted by atomic mass is 10.1. The summed E-state index contributed by atoms with van der Waals surface area (Å²) in [4.78, 5) is 2.39. The zero-order chi connectivity index (χ0) is 14.4. The summed E-state index contributed by atoms with van der Waals surface area (Å²) in [6.45, 7) is 13.2. The van der Waals surface area contributed by atoms with Gasteiger partial charge in [-0.05, 0) is 24.5 Å². The summed E-state index contributed by atoms with van der Waals surface area (Å²) in [5.41, 5.74) is 4.10. The molecule has 2 heteroatoms. The second kappa shape index (κ2) is 7.54. The van der Waals surface area contributed by atoms with Crippen LogP contribution in [0.25, 0.3) is 0 Å². The summed E-state index contributed by atoms with van der Waals surface area (Å²) >= 11 is 0. The van der Waals surface area contributed by atoms with Crippen molar-refractivity contribution in [2.24, 2.45) is 5.92 Å². The van der Waals surface area contributed by atoms with Gasteiger partial charge in [0.05, 0.1) is 0 Å². The molecule has 1 unspecified atom stereocenters. The Morgan fingerprint density at radius 3 is 2.47 bits per heavy atom. The molecule has 1 rings (SSSR count). The van der Waals surface area contributed by atoms with Gasteiger partial charge in [0, 0.05) is 31.9 Å². The number of rotatable bonds is 7. The van der Waals surface area contributed by atoms with Crippen LogP contribution in [0.15, 0.2) is 18.2 Å². The molecule has 0 aliphatic carbocycles. The number of aryl methyl sites for hydroxylation is 1. The Morgan fingerprint density at radius 2 is 1.89 bits per heavy atom. The van der Waals surface area contributed by atoms with E-state index in [1.54, 1.807) is 0 Å². The lowest BCUT2D eigenvalue weighted by Crippen LogP contribution is -2.27. The molecule has 2 nitrogen and oxygen atoms in total. The van der Waals surface area contributed by atoms with Crippen molar-refractivity contribution in [3.63, 3.8) is 0 Å². The van der Waals surface area contributed by atoms with Crippen LogP contribution in [0.1, 0.15) is 45.2 Å². The molecule has 1 aromatic carbocycles. The molecule has 1 N–H and O–H groups in total. The molecule has 19 heavy (non-hydrogen) atoms. The third-order valence-electron chi connectivity index (χ3n) is 3.63. The van der Waals surface area contributed by atoms with Crippen LogP contribution in [0.5, 0.6) is 0 Å². The third-order valence-corrected chi connectivity index (χ3v) is 3.63. The fourth-order valence-electron chi connectivity index (χ4n) is 2.24. The van der Waals surface area contributed by atoms with Gasteiger partial charge in [-0.3, -0.25) is 0 Å². The van der Waals surface area contributed by atoms with Gasteiger partial charge in [-0.15, -0.1) is 0 Å². The van der Waals surface area contributed by atoms with Gasteiger partial charge in [0.15, 0.2) is 0 Å². The molecule has 0 amide bonds. The Hall–Kier alpha value is -1.02. The summed E-state index contributed by atoms with van der Waals surface area (Å²) in [5.74, 6) is 0.734. The first-order valence-electron chi connectivity index (χ1n) is 7.48. The fourth-order valence-corrected chi connectivity index (χ4v) is 2.24. The van der Waals surface area contributed by atoms with Gasteiger partial charge < -0.3 is 10.2 Å². The largest absolute Gasteiger partial charge is 0.374 e. The van der Waals surface area contributed by atoms with Crippen molar-refractivity contribution in [3.8, 4) is 0 Å². The highest BCUT2D eigenvalue weighted by atomic mass is 15.1. The highest BCUT2D eigenvalue weighted by molar-refractivity contribution is 5.54. The molecule has 0 saturated carbocycles. The average molecular weight is 262 g/mol. The van der Waals surface area contributed by atoms with Gasteiger partial charge in [-0.1, -0.05) is 51.8 Å². The van der Waals surface area contributed by atoms with Crippen LogP contribution < -0.4 is 10.2 Å². The van der Waals surface area contributed by atoms with Crippen molar-refractivity contribution in [1.82, 2.24) is 5.32 Å². The SMILES string of the molecule is CCC(C)CN(C)c1ccc(C)cc1CNC(C)C. The van der Waals surface area contributed by atoms with Crippen molar-refractivity contribution >= 4 is 5.69 Å². The first-order chi connectivity index (χ1) is 8.93. The minimum atomic E-state index is 0.522. The predicted molar refractivity (Wildman–Crippen MR) is 85.9 cm³/mol. The zero-order valence-corrected chi connectivity index (χ0v) is 13.5. The minimum Gasteiger partial charge on any atom is -0.374 e. The summed E-state index contributed by atoms with van der Waals surface area (Å²) in [6.07, 6.45) is 1.23. The van der Waals surface area contributed by atoms with E-state index >= 15 is 0 Å². The molecule has 0 aliphatic rings. The summed E-state index contributed by atoms with van der Waals surface area (Å²) in [7, 11) is 2.20. The molecule has 0 aromatic heterocycles. The van der Waals surface area contributed by atoms with Gasteiger partial charge in [0.1, 0.15) is 0 Å². The Balaban J connectivity index is 2.85. The van der Waals surface area contributed by atoms with Crippen molar-refractivity contribution in [3.05, 3.63) is 29.3 Å². The predicted octanol–water partition coefficient (Wildman–Crippen LogP) is 3.98. The Labute approximate surface area is 119 Å². The van der Waals surface area contributed by atoms with E-state index in [2.05, 4.69) is 70.1 Å². The molecule has 0 saturated heterocycles. The fraction of sp³-hybridized carbons (Fsp3) is 0.647. The van der Waals surface area contributed by atoms with Crippen LogP contribution in [0.3, 0.4) is 0 Å². The maximum absolute atomic E-state index is 3.52. The molecule has 1 aromatic rings. The van der Waals surface area contributed by atoms with Crippen molar-refractivity contribution in [1.29, 1.82) is 0 Å². The number of benzene rings is 1. The number of anilines is 1. The standard InChI is InChI=1S/C17H30N2/c1-7-14(4)12-19(6)17-9-8-15(5)10-16(17)11-18-13(2)3/h8-10,13-14,18H,7,11-12H2,1-6H3. The Morgan fingerprint density at radius 1 is 1.21 bits per heavy atom. The molecule has 0 radical (unpaired) electrons. The second-order valence-electron chi connectivity index (χ2n) is 6.06. The van der Waals surface area contributed by atoms with Gasteiger partial charge in [-0.2, -0.15) is 0 Å². The van der Waals surface area contributed by atoms with E-state index in [1.807, 2.05) is 0 Å². The number of hydrogen-bond acceptors (Lipinski definition) is 2. The van der Waals surface area contributed by atoms with Crippen LogP contribution in [-0.2, 0) is 6.54 Å². The lowest BCUT2D eigenvalue weighted by molar-refractivity contribution is 0.555. The first-order valence-corrected chi connectivity index (χ1v) is 7.48. The minimum absolute atomic E-state index is 0.522. The topological polar surface area (TPSA) is 15.3 Å². The average Bonchev–Trinajstić information content (AvgIpc) is 2.36. The maximum Gasteiger partial charge on any atom is 0.0409 e. The number of nitrogens with one attached hydrogen (secondary N) is 1. The monoisotopic (exact) mass is 262 g/mol. The smallest absolute Gasteiger partial charge is 0.0409 e. The second-order valence-corrected chi connectivity index (χ2v) is 6.06. The molecule has 1 atom stereocenters. The van der Waals surface area contributed by atoms with Crippen LogP contribution in [0.2, 0.25) is 0 Å². The molecular formula is C17H30N2. The quantitative estimate of drug-likeness (QED) is 0.799. The van der Waals surface area contributed by atoms with Crippen LogP contribution in [0, 0.1) is 12.8 Å².